The molecule has 4 aliphatic heterocycles. The molecule has 0 aromatic carbocycles. The molecule has 0 aromatic heterocycles. The van der Waals surface area contributed by atoms with Gasteiger partial charge in [0.15, 0.2) is 31.3 Å². The summed E-state index contributed by atoms with van der Waals surface area (Å²) in [6.07, 6.45) is -32.8. The maximum atomic E-state index is 12.6. The molecule has 4 saturated heterocycles. The molecule has 61 heavy (non-hydrogen) atoms. The van der Waals surface area contributed by atoms with Crippen LogP contribution in [0.25, 0.3) is 0 Å². The van der Waals surface area contributed by atoms with Crippen LogP contribution in [0.3, 0.4) is 0 Å². The highest BCUT2D eigenvalue weighted by Gasteiger charge is 2.56. The first-order valence-corrected chi connectivity index (χ1v) is 21.4. The highest BCUT2D eigenvalue weighted by molar-refractivity contribution is 7.81. The Hall–Kier alpha value is -1.96. The fourth-order valence-corrected chi connectivity index (χ4v) is 7.46. The third-order valence-corrected chi connectivity index (χ3v) is 11.1. The Morgan fingerprint density at radius 3 is 1.59 bits per heavy atom. The zero-order valence-electron chi connectivity index (χ0n) is 32.4. The van der Waals surface area contributed by atoms with Crippen molar-refractivity contribution in [3.05, 3.63) is 0 Å². The fraction of sp³-hybridized carbons (Fsp3) is 0.935. The molecule has 4 aliphatic rings. The standard InChI is InChI=1S/C31H53NO27S2/c1-11-15(34)22(13(8-51-60(43,44)45)53-27(11)49-7-5-3-4-6-32)55-30-21(40)18(37)24(25(58-30)26(41)42)57-28-12(2)16(35)23(14(54-28)9-52-61(46,47)48)56-31-20(39)17(36)19(38)29(59-31)50-10-33/h10-25,27-31,34-40H,3-9,32H2,1-2H3,(H,41,42)(H,43,44,45)(H,46,47,48)/t11?,12?,13-,14?,15?,16+,17+,18?,19-,20?,21?,22+,23+,24-,25+,27-,28+,29?,30+,31+/m0/s1. The first-order valence-electron chi connectivity index (χ1n) is 18.7. The van der Waals surface area contributed by atoms with Crippen molar-refractivity contribution in [2.75, 3.05) is 26.4 Å². The zero-order valence-corrected chi connectivity index (χ0v) is 34.0. The summed E-state index contributed by atoms with van der Waals surface area (Å²) in [5.74, 6) is -4.16. The molecule has 0 aliphatic carbocycles. The van der Waals surface area contributed by atoms with E-state index >= 15 is 0 Å². The number of unbranched alkanes of at least 4 members (excludes halogenated alkanes) is 2. The van der Waals surface area contributed by atoms with Crippen LogP contribution in [0.5, 0.6) is 0 Å². The van der Waals surface area contributed by atoms with Gasteiger partial charge < -0.3 is 89.2 Å². The Labute approximate surface area is 348 Å². The van der Waals surface area contributed by atoms with E-state index < -0.39 is 163 Å². The van der Waals surface area contributed by atoms with Crippen LogP contribution in [0.1, 0.15) is 33.1 Å². The molecule has 28 nitrogen and oxygen atoms in total. The van der Waals surface area contributed by atoms with E-state index in [9.17, 15) is 76.4 Å². The smallest absolute Gasteiger partial charge is 0.397 e. The van der Waals surface area contributed by atoms with Crippen LogP contribution in [0.2, 0.25) is 0 Å². The van der Waals surface area contributed by atoms with Gasteiger partial charge in [-0.25, -0.2) is 13.2 Å². The molecule has 4 fully saturated rings. The molecule has 0 amide bonds. The number of nitrogens with two attached hydrogens (primary N) is 1. The number of aliphatic carboxylic acids is 1. The number of hydrogen-bond donors (Lipinski definition) is 11. The van der Waals surface area contributed by atoms with E-state index in [0.29, 0.717) is 25.8 Å². The summed E-state index contributed by atoms with van der Waals surface area (Å²) in [4.78, 5) is 23.4. The van der Waals surface area contributed by atoms with Crippen molar-refractivity contribution < 1.29 is 127 Å². The number of carbonyl (C=O) groups is 2. The average Bonchev–Trinajstić information content (AvgIpc) is 3.18. The van der Waals surface area contributed by atoms with Crippen molar-refractivity contribution in [2.24, 2.45) is 17.6 Å². The minimum atomic E-state index is -5.23. The van der Waals surface area contributed by atoms with Crippen molar-refractivity contribution in [2.45, 2.75) is 144 Å². The van der Waals surface area contributed by atoms with E-state index in [1.54, 1.807) is 0 Å². The van der Waals surface area contributed by atoms with E-state index in [4.69, 9.17) is 43.6 Å². The maximum absolute atomic E-state index is 12.6. The Morgan fingerprint density at radius 2 is 1.08 bits per heavy atom. The van der Waals surface area contributed by atoms with Crippen molar-refractivity contribution >= 4 is 33.2 Å². The molecule has 0 saturated carbocycles. The van der Waals surface area contributed by atoms with E-state index in [1.807, 2.05) is 0 Å². The van der Waals surface area contributed by atoms with Gasteiger partial charge in [-0.05, 0) is 25.8 Å². The number of carboxylic acids is 1. The van der Waals surface area contributed by atoms with Gasteiger partial charge in [-0.2, -0.15) is 16.8 Å². The molecule has 0 spiro atoms. The molecule has 8 unspecified atom stereocenters. The van der Waals surface area contributed by atoms with Crippen LogP contribution in [-0.2, 0) is 81.4 Å². The normalized spacial score (nSPS) is 42.5. The summed E-state index contributed by atoms with van der Waals surface area (Å²) >= 11 is 0. The Balaban J connectivity index is 1.53. The van der Waals surface area contributed by atoms with Gasteiger partial charge in [-0.1, -0.05) is 13.8 Å². The van der Waals surface area contributed by atoms with Crippen LogP contribution < -0.4 is 5.73 Å². The predicted octanol–water partition coefficient (Wildman–Crippen LogP) is -6.16. The second-order valence-corrected chi connectivity index (χ2v) is 16.7. The lowest BCUT2D eigenvalue weighted by atomic mass is 9.91. The maximum Gasteiger partial charge on any atom is 0.397 e. The molecule has 0 bridgehead atoms. The molecule has 4 rings (SSSR count). The molecule has 30 heteroatoms. The number of aliphatic hydroxyl groups excluding tert-OH is 7. The zero-order chi connectivity index (χ0) is 45.6. The lowest BCUT2D eigenvalue weighted by molar-refractivity contribution is -0.386. The minimum absolute atomic E-state index is 0.130. The average molecular weight is 936 g/mol. The topological polar surface area (TPSA) is 432 Å². The number of rotatable bonds is 21. The summed E-state index contributed by atoms with van der Waals surface area (Å²) in [5.41, 5.74) is 5.50. The van der Waals surface area contributed by atoms with Crippen LogP contribution >= 0.6 is 0 Å². The van der Waals surface area contributed by atoms with Gasteiger partial charge in [0.25, 0.3) is 6.47 Å². The molecule has 356 valence electrons. The van der Waals surface area contributed by atoms with Crippen molar-refractivity contribution in [1.29, 1.82) is 0 Å². The van der Waals surface area contributed by atoms with Crippen LogP contribution in [0, 0.1) is 11.8 Å². The van der Waals surface area contributed by atoms with E-state index in [-0.39, 0.29) is 13.1 Å². The second kappa shape index (κ2) is 22.3. The molecule has 20 atom stereocenters. The van der Waals surface area contributed by atoms with Gasteiger partial charge in [0, 0.05) is 18.4 Å². The highest BCUT2D eigenvalue weighted by Crippen LogP contribution is 2.37. The lowest BCUT2D eigenvalue weighted by Crippen LogP contribution is -2.66. The molecular formula is C31H53NO27S2. The molecule has 4 heterocycles. The predicted molar refractivity (Wildman–Crippen MR) is 188 cm³/mol. The van der Waals surface area contributed by atoms with E-state index in [1.165, 1.54) is 13.8 Å². The van der Waals surface area contributed by atoms with Crippen LogP contribution in [0.15, 0.2) is 0 Å². The van der Waals surface area contributed by atoms with Gasteiger partial charge in [-0.15, -0.1) is 0 Å². The number of ether oxygens (including phenoxy) is 9. The molecule has 0 aromatic rings. The Morgan fingerprint density at radius 1 is 0.607 bits per heavy atom. The Kier molecular flexibility index (Phi) is 18.9. The summed E-state index contributed by atoms with van der Waals surface area (Å²) < 4.78 is 123. The van der Waals surface area contributed by atoms with Gasteiger partial charge in [0.1, 0.15) is 61.0 Å². The summed E-state index contributed by atoms with van der Waals surface area (Å²) in [7, 11) is -10.3. The monoisotopic (exact) mass is 935 g/mol. The molecule has 0 radical (unpaired) electrons. The first kappa shape index (κ1) is 51.7. The largest absolute Gasteiger partial charge is 0.479 e. The number of aliphatic hydroxyl groups is 7. The van der Waals surface area contributed by atoms with Crippen molar-refractivity contribution in [3.63, 3.8) is 0 Å². The summed E-state index contributed by atoms with van der Waals surface area (Å²) in [6, 6.07) is 0. The summed E-state index contributed by atoms with van der Waals surface area (Å²) in [5, 5.41) is 86.0. The quantitative estimate of drug-likeness (QED) is 0.0290. The first-order chi connectivity index (χ1) is 28.5. The van der Waals surface area contributed by atoms with Gasteiger partial charge in [0.05, 0.1) is 25.4 Å². The minimum Gasteiger partial charge on any atom is -0.479 e. The fourth-order valence-electron chi connectivity index (χ4n) is 6.85. The summed E-state index contributed by atoms with van der Waals surface area (Å²) in [6.45, 7) is 0.907. The number of carbonyl (C=O) groups excluding carboxylic acids is 1. The number of carboxylic acid groups (broad SMARTS) is 1. The van der Waals surface area contributed by atoms with E-state index in [2.05, 4.69) is 13.1 Å². The molecular weight excluding hydrogens is 882 g/mol. The lowest BCUT2D eigenvalue weighted by Gasteiger charge is -2.49. The second-order valence-electron chi connectivity index (χ2n) is 14.6. The highest BCUT2D eigenvalue weighted by atomic mass is 32.3. The van der Waals surface area contributed by atoms with E-state index in [0.717, 1.165) is 0 Å². The molecule has 12 N–H and O–H groups in total. The third-order valence-electron chi connectivity index (χ3n) is 10.2. The number of hydrogen-bond acceptors (Lipinski definition) is 25. The Bertz CT molecular complexity index is 1630. The van der Waals surface area contributed by atoms with Crippen molar-refractivity contribution in [1.82, 2.24) is 0 Å². The van der Waals surface area contributed by atoms with Crippen LogP contribution in [0.4, 0.5) is 0 Å². The van der Waals surface area contributed by atoms with Crippen LogP contribution in [-0.4, -0.2) is 216 Å². The van der Waals surface area contributed by atoms with Gasteiger partial charge in [-0.3, -0.25) is 13.9 Å². The van der Waals surface area contributed by atoms with Crippen molar-refractivity contribution in [3.8, 4) is 0 Å². The van der Waals surface area contributed by atoms with Gasteiger partial charge in [0.2, 0.25) is 6.29 Å². The van der Waals surface area contributed by atoms with Gasteiger partial charge >= 0.3 is 26.8 Å². The SMILES string of the molecule is CC1C(O)[C@H](O[C@@H]2O[C@@H](C(=O)O)[C@@H](O[C@H]3OC(COS(=O)(=O)O)[C@@H](O[C@@H]4OC(OC=O)[C@@H](O)[C@@H](O)C4O)[C@H](O)C3C)C(O)C2O)[C@H](COS(=O)(=O)O)O[C@@H]1OCCCCCN. The third kappa shape index (κ3) is 13.5.